The number of nitrogens with one attached hydrogen (secondary N) is 1. The van der Waals surface area contributed by atoms with Crippen molar-refractivity contribution in [1.29, 1.82) is 0 Å². The van der Waals surface area contributed by atoms with Crippen molar-refractivity contribution in [3.63, 3.8) is 0 Å². The van der Waals surface area contributed by atoms with Crippen molar-refractivity contribution in [1.82, 2.24) is 14.1 Å². The summed E-state index contributed by atoms with van der Waals surface area (Å²) in [4.78, 5) is 35.8. The molecule has 0 saturated carbocycles. The highest BCUT2D eigenvalue weighted by molar-refractivity contribution is 9.11. The van der Waals surface area contributed by atoms with Crippen LogP contribution in [0, 0.1) is 17.5 Å². The quantitative estimate of drug-likeness (QED) is 0.256. The van der Waals surface area contributed by atoms with E-state index in [4.69, 9.17) is 36.1 Å². The third-order valence-electron chi connectivity index (χ3n) is 7.41. The number of nitrogens with two attached hydrogens (primary N) is 3. The predicted molar refractivity (Wildman–Crippen MR) is 197 cm³/mol. The van der Waals surface area contributed by atoms with Crippen molar-refractivity contribution < 1.29 is 32.1 Å². The molecule has 13 nitrogen and oxygen atoms in total. The largest absolute Gasteiger partial charge is 0.502 e. The number of hydrogen-bond acceptors (Lipinski definition) is 10. The van der Waals surface area contributed by atoms with Gasteiger partial charge in [-0.3, -0.25) is 19.0 Å². The summed E-state index contributed by atoms with van der Waals surface area (Å²) in [5.74, 6) is -1.55. The van der Waals surface area contributed by atoms with Crippen LogP contribution in [0.2, 0.25) is 0 Å². The van der Waals surface area contributed by atoms with E-state index in [0.29, 0.717) is 31.9 Å². The lowest BCUT2D eigenvalue weighted by Crippen LogP contribution is -2.31. The van der Waals surface area contributed by atoms with Gasteiger partial charge < -0.3 is 45.7 Å². The second kappa shape index (κ2) is 22.1. The lowest BCUT2D eigenvalue weighted by molar-refractivity contribution is 0.0577. The van der Waals surface area contributed by atoms with E-state index >= 15 is 0 Å². The van der Waals surface area contributed by atoms with E-state index in [1.54, 1.807) is 12.5 Å². The van der Waals surface area contributed by atoms with Crippen LogP contribution >= 0.6 is 15.9 Å². The summed E-state index contributed by atoms with van der Waals surface area (Å²) in [7, 11) is 0. The van der Waals surface area contributed by atoms with E-state index in [0.717, 1.165) is 75.9 Å². The molecule has 0 spiro atoms. The molecule has 7 N–H and O–H groups in total. The van der Waals surface area contributed by atoms with Crippen LogP contribution in [0.3, 0.4) is 0 Å². The number of aromatic amines is 1. The van der Waals surface area contributed by atoms with Gasteiger partial charge in [-0.15, -0.1) is 0 Å². The van der Waals surface area contributed by atoms with E-state index < -0.39 is 28.6 Å². The Morgan fingerprint density at radius 2 is 1.40 bits per heavy atom. The lowest BCUT2D eigenvalue weighted by Gasteiger charge is -2.24. The van der Waals surface area contributed by atoms with E-state index in [-0.39, 0.29) is 28.7 Å². The molecule has 0 aromatic carbocycles. The maximum atomic E-state index is 13.1. The molecule has 0 amide bonds. The molecule has 17 heteroatoms. The maximum Gasteiger partial charge on any atom is 0.278 e. The van der Waals surface area contributed by atoms with Gasteiger partial charge in [0.1, 0.15) is 40.8 Å². The van der Waals surface area contributed by atoms with Crippen LogP contribution in [0.5, 0.6) is 0 Å². The van der Waals surface area contributed by atoms with Crippen LogP contribution in [0.25, 0.3) is 5.70 Å². The highest BCUT2D eigenvalue weighted by atomic mass is 79.9. The number of H-pyrrole nitrogens is 1. The Bertz CT molecular complexity index is 1850. The van der Waals surface area contributed by atoms with Crippen molar-refractivity contribution >= 4 is 38.7 Å². The number of hydrogen-bond donors (Lipinski definition) is 4. The van der Waals surface area contributed by atoms with E-state index in [9.17, 15) is 27.6 Å². The Labute approximate surface area is 306 Å². The van der Waals surface area contributed by atoms with Crippen LogP contribution < -0.4 is 33.9 Å². The molecule has 3 aromatic rings. The van der Waals surface area contributed by atoms with Gasteiger partial charge in [0, 0.05) is 47.9 Å². The molecular weight excluding hydrogens is 753 g/mol. The summed E-state index contributed by atoms with van der Waals surface area (Å²) in [6.07, 6.45) is 18.2. The normalized spacial score (nSPS) is 17.4. The van der Waals surface area contributed by atoms with Gasteiger partial charge in [0.2, 0.25) is 0 Å². The van der Waals surface area contributed by atoms with Gasteiger partial charge in [-0.2, -0.15) is 0 Å². The number of allylic oxidation sites excluding steroid dienone is 3. The molecule has 0 radical (unpaired) electrons. The fraction of sp³-hybridized carbons (Fsp3) is 0.400. The van der Waals surface area contributed by atoms with Crippen molar-refractivity contribution in [3.05, 3.63) is 115 Å². The third-order valence-corrected chi connectivity index (χ3v) is 8.00. The third kappa shape index (κ3) is 14.4. The monoisotopic (exact) mass is 796 g/mol. The molecule has 3 aromatic heterocycles. The highest BCUT2D eigenvalue weighted by Gasteiger charge is 2.18. The Hall–Kier alpha value is -4.90. The minimum Gasteiger partial charge on any atom is -0.502 e. The van der Waals surface area contributed by atoms with Crippen LogP contribution in [0.4, 0.5) is 30.2 Å². The molecule has 1 atom stereocenters. The Kier molecular flexibility index (Phi) is 17.7. The number of nitrogen functional groups attached to an aromatic ring is 3. The number of anilines is 3. The van der Waals surface area contributed by atoms with Gasteiger partial charge in [0.25, 0.3) is 16.7 Å². The average Bonchev–Trinajstić information content (AvgIpc) is 3.16. The van der Waals surface area contributed by atoms with Gasteiger partial charge in [0.15, 0.2) is 0 Å². The number of halogens is 4. The van der Waals surface area contributed by atoms with Gasteiger partial charge in [-0.1, -0.05) is 15.9 Å². The Balaban J connectivity index is 0.000000184. The van der Waals surface area contributed by atoms with Crippen molar-refractivity contribution in [2.45, 2.75) is 57.4 Å². The van der Waals surface area contributed by atoms with Gasteiger partial charge in [-0.05, 0) is 57.4 Å². The second-order valence-electron chi connectivity index (χ2n) is 11.6. The fourth-order valence-corrected chi connectivity index (χ4v) is 5.22. The zero-order valence-corrected chi connectivity index (χ0v) is 30.1. The molecular formula is C35H44BrF3N6O7. The summed E-state index contributed by atoms with van der Waals surface area (Å²) < 4.78 is 62.1. The predicted octanol–water partition coefficient (Wildman–Crippen LogP) is 5.54. The first-order valence-electron chi connectivity index (χ1n) is 16.6. The average molecular weight is 798 g/mol. The van der Waals surface area contributed by atoms with Gasteiger partial charge >= 0.3 is 0 Å². The molecule has 4 aliphatic rings. The molecule has 1 fully saturated rings. The smallest absolute Gasteiger partial charge is 0.278 e. The van der Waals surface area contributed by atoms with E-state index in [1.165, 1.54) is 38.9 Å². The first-order valence-corrected chi connectivity index (χ1v) is 17.4. The fourth-order valence-electron chi connectivity index (χ4n) is 4.81. The summed E-state index contributed by atoms with van der Waals surface area (Å²) in [5, 5.41) is 0. The van der Waals surface area contributed by atoms with Crippen molar-refractivity contribution in [2.24, 2.45) is 0 Å². The molecule has 0 aliphatic carbocycles. The standard InChI is InChI=1S/C10H13FN2O2.C10H11FN2O2.C5H7BrO.C5H5FN2O.C5H8O/c2*11-7-4-9(12)10(14)13(5-7)8-2-1-3-15-6-8;6-5-2-1-3-7-4-5;6-3-1-4(7)5(9)8-2-3;1-2-4-6-5-3-1/h4-5,8H,1-3,6,12H2;4-6H,1-3,12H2;4H,1-3H2;1-2H,7H2,(H,8,9);2,4H,1,3,5H2. The van der Waals surface area contributed by atoms with E-state index in [2.05, 4.69) is 20.9 Å². The minimum atomic E-state index is -0.535. The highest BCUT2D eigenvalue weighted by Crippen LogP contribution is 2.19. The summed E-state index contributed by atoms with van der Waals surface area (Å²) in [5.41, 5.74) is 15.0. The first kappa shape index (κ1) is 41.5. The molecule has 7 rings (SSSR count). The Morgan fingerprint density at radius 3 is 1.88 bits per heavy atom. The van der Waals surface area contributed by atoms with Gasteiger partial charge in [-0.25, -0.2) is 13.2 Å². The summed E-state index contributed by atoms with van der Waals surface area (Å²) >= 11 is 3.32. The molecule has 284 valence electrons. The number of ether oxygens (including phenoxy) is 4. The topological polar surface area (TPSA) is 192 Å². The maximum absolute atomic E-state index is 13.1. The molecule has 0 bridgehead atoms. The first-order chi connectivity index (χ1) is 25.0. The summed E-state index contributed by atoms with van der Waals surface area (Å²) in [6, 6.07) is 2.94. The zero-order chi connectivity index (χ0) is 37.9. The van der Waals surface area contributed by atoms with E-state index in [1.807, 2.05) is 6.08 Å². The number of pyridine rings is 3. The number of nitrogens with zero attached hydrogens (tertiary/aromatic N) is 2. The lowest BCUT2D eigenvalue weighted by atomic mass is 10.1. The second-order valence-corrected chi connectivity index (χ2v) is 12.6. The number of aromatic nitrogens is 3. The molecule has 4 aliphatic heterocycles. The Morgan fingerprint density at radius 1 is 0.750 bits per heavy atom. The zero-order valence-electron chi connectivity index (χ0n) is 28.5. The SMILES string of the molecule is BrC1=COCCC1.C1=COCCC1.Nc1cc(F)c[nH]c1=O.Nc1cc(F)cn(C2=COCCC2)c1=O.Nc1cc(F)cn(C2CCCOC2)c1=O. The molecule has 7 heterocycles. The van der Waals surface area contributed by atoms with Crippen molar-refractivity contribution in [2.75, 3.05) is 50.2 Å². The number of rotatable bonds is 2. The van der Waals surface area contributed by atoms with Crippen LogP contribution in [-0.4, -0.2) is 47.2 Å². The molecule has 52 heavy (non-hydrogen) atoms. The van der Waals surface area contributed by atoms with Gasteiger partial charge in [0.05, 0.1) is 50.7 Å². The minimum absolute atomic E-state index is 0.0550. The molecule has 1 saturated heterocycles. The van der Waals surface area contributed by atoms with Crippen LogP contribution in [-0.2, 0) is 18.9 Å². The molecule has 1 unspecified atom stereocenters. The van der Waals surface area contributed by atoms with Crippen LogP contribution in [0.1, 0.15) is 57.4 Å². The van der Waals surface area contributed by atoms with Crippen molar-refractivity contribution in [3.8, 4) is 0 Å². The van der Waals surface area contributed by atoms with Crippen LogP contribution in [0.15, 0.2) is 80.5 Å². The summed E-state index contributed by atoms with van der Waals surface area (Å²) in [6.45, 7) is 3.58.